The van der Waals surface area contributed by atoms with Gasteiger partial charge in [-0.1, -0.05) is 69.0 Å². The average Bonchev–Trinajstić information content (AvgIpc) is 2.13. The second-order valence-electron chi connectivity index (χ2n) is 6.17. The van der Waals surface area contributed by atoms with E-state index in [2.05, 4.69) is 70.1 Å². The SMILES string of the molecule is CC(C)CCCC(C)(C)SSC(C)C(C)C. The molecule has 0 radical (unpaired) electrons. The van der Waals surface area contributed by atoms with Gasteiger partial charge in [-0.15, -0.1) is 0 Å². The first kappa shape index (κ1) is 16.7. The molecule has 2 heteroatoms. The first-order valence-corrected chi connectivity index (χ1v) is 8.80. The van der Waals surface area contributed by atoms with Gasteiger partial charge in [0.1, 0.15) is 0 Å². The topological polar surface area (TPSA) is 0 Å². The molecule has 0 aromatic heterocycles. The van der Waals surface area contributed by atoms with Crippen LogP contribution in [0.15, 0.2) is 0 Å². The summed E-state index contributed by atoms with van der Waals surface area (Å²) in [5.74, 6) is 1.63. The fourth-order valence-corrected chi connectivity index (χ4v) is 4.31. The van der Waals surface area contributed by atoms with E-state index in [1.807, 2.05) is 0 Å². The molecule has 0 aliphatic heterocycles. The molecule has 1 atom stereocenters. The van der Waals surface area contributed by atoms with E-state index in [4.69, 9.17) is 0 Å². The van der Waals surface area contributed by atoms with Crippen LogP contribution >= 0.6 is 21.6 Å². The highest BCUT2D eigenvalue weighted by Crippen LogP contribution is 2.42. The molecule has 0 spiro atoms. The summed E-state index contributed by atoms with van der Waals surface area (Å²) < 4.78 is 0.433. The molecule has 0 rings (SSSR count). The van der Waals surface area contributed by atoms with Crippen molar-refractivity contribution in [2.45, 2.75) is 77.7 Å². The zero-order valence-electron chi connectivity index (χ0n) is 12.2. The van der Waals surface area contributed by atoms with Gasteiger partial charge in [0.2, 0.25) is 0 Å². The molecule has 1 unspecified atom stereocenters. The van der Waals surface area contributed by atoms with E-state index in [0.717, 1.165) is 17.1 Å². The Hall–Kier alpha value is 0.700. The van der Waals surface area contributed by atoms with Gasteiger partial charge in [-0.25, -0.2) is 0 Å². The molecule has 16 heavy (non-hydrogen) atoms. The maximum absolute atomic E-state index is 2.39. The van der Waals surface area contributed by atoms with Crippen LogP contribution in [0.4, 0.5) is 0 Å². The van der Waals surface area contributed by atoms with Crippen molar-refractivity contribution in [3.8, 4) is 0 Å². The van der Waals surface area contributed by atoms with E-state index < -0.39 is 0 Å². The largest absolute Gasteiger partial charge is 0.0902 e. The van der Waals surface area contributed by atoms with Crippen LogP contribution in [0.2, 0.25) is 0 Å². The highest BCUT2D eigenvalue weighted by molar-refractivity contribution is 8.77. The number of rotatable bonds is 8. The van der Waals surface area contributed by atoms with Crippen LogP contribution in [0, 0.1) is 11.8 Å². The third kappa shape index (κ3) is 8.81. The Kier molecular flexibility index (Phi) is 8.26. The second kappa shape index (κ2) is 7.92. The lowest BCUT2D eigenvalue weighted by Gasteiger charge is -2.26. The number of hydrogen-bond acceptors (Lipinski definition) is 2. The third-order valence-electron chi connectivity index (χ3n) is 2.92. The van der Waals surface area contributed by atoms with Gasteiger partial charge in [0.15, 0.2) is 0 Å². The van der Waals surface area contributed by atoms with Gasteiger partial charge in [0, 0.05) is 10.00 Å². The van der Waals surface area contributed by atoms with Crippen LogP contribution in [0.25, 0.3) is 0 Å². The predicted molar refractivity (Wildman–Crippen MR) is 82.3 cm³/mol. The van der Waals surface area contributed by atoms with Crippen molar-refractivity contribution < 1.29 is 0 Å². The molecule has 0 fully saturated rings. The van der Waals surface area contributed by atoms with Crippen LogP contribution in [-0.2, 0) is 0 Å². The number of hydrogen-bond donors (Lipinski definition) is 0. The fraction of sp³-hybridized carbons (Fsp3) is 1.00. The van der Waals surface area contributed by atoms with Crippen molar-refractivity contribution in [1.29, 1.82) is 0 Å². The predicted octanol–water partition coefficient (Wildman–Crippen LogP) is 6.02. The van der Waals surface area contributed by atoms with Crippen LogP contribution in [0.3, 0.4) is 0 Å². The summed E-state index contributed by atoms with van der Waals surface area (Å²) in [5.41, 5.74) is 0. The van der Waals surface area contributed by atoms with E-state index in [1.54, 1.807) is 0 Å². The van der Waals surface area contributed by atoms with Crippen molar-refractivity contribution in [1.82, 2.24) is 0 Å². The minimum absolute atomic E-state index is 0.433. The molecule has 0 amide bonds. The molecule has 0 aliphatic carbocycles. The van der Waals surface area contributed by atoms with E-state index in [-0.39, 0.29) is 0 Å². The molecule has 0 aromatic rings. The summed E-state index contributed by atoms with van der Waals surface area (Å²) in [6, 6.07) is 0. The molecule has 0 N–H and O–H groups in total. The van der Waals surface area contributed by atoms with Crippen LogP contribution in [-0.4, -0.2) is 10.00 Å². The van der Waals surface area contributed by atoms with E-state index in [0.29, 0.717) is 4.75 Å². The summed E-state index contributed by atoms with van der Waals surface area (Å²) in [4.78, 5) is 0. The van der Waals surface area contributed by atoms with Gasteiger partial charge in [0.05, 0.1) is 0 Å². The van der Waals surface area contributed by atoms with E-state index in [1.165, 1.54) is 19.3 Å². The standard InChI is InChI=1S/C14H30S2/c1-11(2)9-8-10-14(6,7)16-15-13(5)12(3)4/h11-13H,8-10H2,1-7H3. The maximum atomic E-state index is 2.39. The minimum atomic E-state index is 0.433. The van der Waals surface area contributed by atoms with Crippen molar-refractivity contribution in [2.24, 2.45) is 11.8 Å². The van der Waals surface area contributed by atoms with Crippen LogP contribution in [0.1, 0.15) is 67.7 Å². The first-order chi connectivity index (χ1) is 7.24. The smallest absolute Gasteiger partial charge is 0.0207 e. The van der Waals surface area contributed by atoms with E-state index >= 15 is 0 Å². The Labute approximate surface area is 111 Å². The zero-order valence-corrected chi connectivity index (χ0v) is 13.8. The monoisotopic (exact) mass is 262 g/mol. The summed E-state index contributed by atoms with van der Waals surface area (Å²) in [6.45, 7) is 16.4. The maximum Gasteiger partial charge on any atom is 0.0207 e. The lowest BCUT2D eigenvalue weighted by molar-refractivity contribution is 0.503. The molecule has 0 bridgehead atoms. The van der Waals surface area contributed by atoms with Crippen LogP contribution < -0.4 is 0 Å². The van der Waals surface area contributed by atoms with Gasteiger partial charge in [0.25, 0.3) is 0 Å². The Morgan fingerprint density at radius 3 is 2.00 bits per heavy atom. The molecule has 98 valence electrons. The lowest BCUT2D eigenvalue weighted by atomic mass is 10.0. The summed E-state index contributed by atoms with van der Waals surface area (Å²) >= 11 is 0. The Morgan fingerprint density at radius 2 is 1.56 bits per heavy atom. The minimum Gasteiger partial charge on any atom is -0.0902 e. The van der Waals surface area contributed by atoms with Crippen molar-refractivity contribution in [3.05, 3.63) is 0 Å². The fourth-order valence-electron chi connectivity index (χ4n) is 1.29. The molecule has 0 saturated carbocycles. The Balaban J connectivity index is 3.77. The third-order valence-corrected chi connectivity index (χ3v) is 7.08. The Bertz CT molecular complexity index is 174. The lowest BCUT2D eigenvalue weighted by Crippen LogP contribution is -2.15. The molecule has 0 nitrogen and oxygen atoms in total. The summed E-state index contributed by atoms with van der Waals surface area (Å²) in [6.07, 6.45) is 4.08. The highest BCUT2D eigenvalue weighted by Gasteiger charge is 2.21. The first-order valence-electron chi connectivity index (χ1n) is 6.59. The van der Waals surface area contributed by atoms with Gasteiger partial charge >= 0.3 is 0 Å². The van der Waals surface area contributed by atoms with Crippen LogP contribution in [0.5, 0.6) is 0 Å². The molecule has 0 aromatic carbocycles. The van der Waals surface area contributed by atoms with E-state index in [9.17, 15) is 0 Å². The summed E-state index contributed by atoms with van der Waals surface area (Å²) in [5, 5.41) is 0.759. The van der Waals surface area contributed by atoms with Crippen molar-refractivity contribution in [2.75, 3.05) is 0 Å². The van der Waals surface area contributed by atoms with Crippen molar-refractivity contribution >= 4 is 21.6 Å². The highest BCUT2D eigenvalue weighted by atomic mass is 33.1. The van der Waals surface area contributed by atoms with Gasteiger partial charge in [-0.3, -0.25) is 0 Å². The van der Waals surface area contributed by atoms with Gasteiger partial charge in [-0.2, -0.15) is 0 Å². The van der Waals surface area contributed by atoms with Gasteiger partial charge < -0.3 is 0 Å². The van der Waals surface area contributed by atoms with Crippen molar-refractivity contribution in [3.63, 3.8) is 0 Å². The van der Waals surface area contributed by atoms with Gasteiger partial charge in [-0.05, 0) is 32.1 Å². The molecular weight excluding hydrogens is 232 g/mol. The normalized spacial score (nSPS) is 14.8. The zero-order chi connectivity index (χ0) is 12.8. The quantitative estimate of drug-likeness (QED) is 0.491. The molecule has 0 saturated heterocycles. The Morgan fingerprint density at radius 1 is 1.00 bits per heavy atom. The second-order valence-corrected chi connectivity index (χ2v) is 9.46. The molecule has 0 aliphatic rings. The average molecular weight is 263 g/mol. The molecular formula is C14H30S2. The molecule has 0 heterocycles. The summed E-state index contributed by atoms with van der Waals surface area (Å²) in [7, 11) is 4.15.